The fourth-order valence-electron chi connectivity index (χ4n) is 2.99. The summed E-state index contributed by atoms with van der Waals surface area (Å²) in [5, 5.41) is 14.6. The van der Waals surface area contributed by atoms with Crippen molar-refractivity contribution in [1.82, 2.24) is 30.3 Å². The molecule has 1 aliphatic rings. The lowest BCUT2D eigenvalue weighted by molar-refractivity contribution is 0.0389. The Morgan fingerprint density at radius 2 is 1.97 bits per heavy atom. The third-order valence-corrected chi connectivity index (χ3v) is 4.93. The van der Waals surface area contributed by atoms with E-state index in [2.05, 4.69) is 30.7 Å². The lowest BCUT2D eigenvalue weighted by Gasteiger charge is -2.26. The Labute approximate surface area is 180 Å². The zero-order valence-electron chi connectivity index (χ0n) is 17.9. The average Bonchev–Trinajstić information content (AvgIpc) is 3.08. The summed E-state index contributed by atoms with van der Waals surface area (Å²) < 4.78 is 39.3. The number of guanidine groups is 1. The van der Waals surface area contributed by atoms with Crippen LogP contribution in [0.1, 0.15) is 11.6 Å². The second-order valence-corrected chi connectivity index (χ2v) is 7.12. The molecule has 1 aliphatic heterocycles. The number of halogens is 2. The predicted octanol–water partition coefficient (Wildman–Crippen LogP) is 0.848. The number of nitrogens with one attached hydrogen (secondary N) is 2. The highest BCUT2D eigenvalue weighted by Gasteiger charge is 2.11. The first-order valence-corrected chi connectivity index (χ1v) is 10.3. The van der Waals surface area contributed by atoms with Crippen molar-refractivity contribution in [1.29, 1.82) is 0 Å². The Balaban J connectivity index is 1.51. The summed E-state index contributed by atoms with van der Waals surface area (Å²) in [6.07, 6.45) is 0. The van der Waals surface area contributed by atoms with Crippen LogP contribution in [0.3, 0.4) is 0 Å². The average molecular weight is 437 g/mol. The molecule has 170 valence electrons. The van der Waals surface area contributed by atoms with Crippen LogP contribution in [0, 0.1) is 18.6 Å². The van der Waals surface area contributed by atoms with E-state index in [0.717, 1.165) is 56.6 Å². The van der Waals surface area contributed by atoms with Gasteiger partial charge in [0, 0.05) is 39.3 Å². The van der Waals surface area contributed by atoms with E-state index in [1.54, 1.807) is 0 Å². The molecule has 9 nitrogen and oxygen atoms in total. The number of hydrogen-bond donors (Lipinski definition) is 2. The van der Waals surface area contributed by atoms with E-state index in [0.29, 0.717) is 25.6 Å². The van der Waals surface area contributed by atoms with E-state index >= 15 is 0 Å². The van der Waals surface area contributed by atoms with Crippen LogP contribution in [0.5, 0.6) is 5.75 Å². The van der Waals surface area contributed by atoms with Crippen LogP contribution in [0.2, 0.25) is 0 Å². The number of aliphatic imine (C=N–C) groups is 1. The topological polar surface area (TPSA) is 88.8 Å². The number of rotatable bonds is 9. The van der Waals surface area contributed by atoms with Crippen LogP contribution in [0.4, 0.5) is 8.78 Å². The highest BCUT2D eigenvalue weighted by Crippen LogP contribution is 2.17. The first-order valence-electron chi connectivity index (χ1n) is 10.3. The Morgan fingerprint density at radius 1 is 1.19 bits per heavy atom. The quantitative estimate of drug-likeness (QED) is 0.342. The minimum Gasteiger partial charge on any atom is -0.489 e. The maximum absolute atomic E-state index is 13.7. The minimum atomic E-state index is -0.727. The summed E-state index contributed by atoms with van der Waals surface area (Å²) in [6, 6.07) is 3.23. The largest absolute Gasteiger partial charge is 0.489 e. The number of hydrogen-bond acceptors (Lipinski definition) is 6. The van der Waals surface area contributed by atoms with Crippen molar-refractivity contribution in [3.63, 3.8) is 0 Å². The predicted molar refractivity (Wildman–Crippen MR) is 112 cm³/mol. The van der Waals surface area contributed by atoms with Crippen molar-refractivity contribution in [3.05, 3.63) is 41.5 Å². The van der Waals surface area contributed by atoms with E-state index in [-0.39, 0.29) is 12.4 Å². The summed E-state index contributed by atoms with van der Waals surface area (Å²) in [5.74, 6) is 0.802. The molecule has 0 spiro atoms. The van der Waals surface area contributed by atoms with Gasteiger partial charge in [0.1, 0.15) is 24.8 Å². The smallest absolute Gasteiger partial charge is 0.191 e. The second kappa shape index (κ2) is 11.6. The van der Waals surface area contributed by atoms with Crippen molar-refractivity contribution in [2.45, 2.75) is 13.5 Å². The Hall–Kier alpha value is -2.79. The van der Waals surface area contributed by atoms with Crippen LogP contribution in [0.25, 0.3) is 0 Å². The molecule has 2 heterocycles. The molecule has 0 atom stereocenters. The number of benzene rings is 1. The zero-order valence-corrected chi connectivity index (χ0v) is 17.9. The van der Waals surface area contributed by atoms with Crippen LogP contribution in [-0.2, 0) is 18.3 Å². The molecule has 1 fully saturated rings. The van der Waals surface area contributed by atoms with Gasteiger partial charge in [-0.25, -0.2) is 13.8 Å². The Bertz CT molecular complexity index is 869. The molecule has 31 heavy (non-hydrogen) atoms. The van der Waals surface area contributed by atoms with Crippen LogP contribution < -0.4 is 15.4 Å². The van der Waals surface area contributed by atoms with Crippen molar-refractivity contribution in [3.8, 4) is 5.75 Å². The van der Waals surface area contributed by atoms with Crippen molar-refractivity contribution < 1.29 is 18.3 Å². The molecule has 0 unspecified atom stereocenters. The molecule has 0 bridgehead atoms. The van der Waals surface area contributed by atoms with Gasteiger partial charge in [-0.1, -0.05) is 0 Å². The Kier molecular flexibility index (Phi) is 8.53. The summed E-state index contributed by atoms with van der Waals surface area (Å²) in [4.78, 5) is 6.89. The summed E-state index contributed by atoms with van der Waals surface area (Å²) in [6.45, 7) is 7.72. The van der Waals surface area contributed by atoms with Gasteiger partial charge in [0.25, 0.3) is 0 Å². The molecule has 3 rings (SSSR count). The van der Waals surface area contributed by atoms with Gasteiger partial charge in [-0.05, 0) is 19.1 Å². The highest BCUT2D eigenvalue weighted by molar-refractivity contribution is 5.79. The molecule has 1 aromatic carbocycles. The lowest BCUT2D eigenvalue weighted by Crippen LogP contribution is -2.45. The number of nitrogens with zero attached hydrogens (tertiary/aromatic N) is 5. The number of aromatic nitrogens is 3. The standard InChI is InChI=1S/C20H29F2N7O2/c1-15-26-27-19(28(15)2)14-25-20(23-5-7-29-8-11-30-12-9-29)24-6-10-31-18-4-3-16(21)13-17(18)22/h3-4,13H,5-12,14H2,1-2H3,(H2,23,24,25). The molecule has 2 N–H and O–H groups in total. The molecule has 0 aliphatic carbocycles. The minimum absolute atomic E-state index is 0.0107. The molecule has 0 saturated carbocycles. The van der Waals surface area contributed by atoms with Crippen molar-refractivity contribution in [2.75, 3.05) is 52.5 Å². The van der Waals surface area contributed by atoms with E-state index in [1.807, 2.05) is 18.5 Å². The van der Waals surface area contributed by atoms with Gasteiger partial charge in [0.2, 0.25) is 0 Å². The third kappa shape index (κ3) is 7.14. The van der Waals surface area contributed by atoms with E-state index < -0.39 is 11.6 Å². The van der Waals surface area contributed by atoms with Gasteiger partial charge in [-0.15, -0.1) is 10.2 Å². The van der Waals surface area contributed by atoms with Gasteiger partial charge in [0.15, 0.2) is 23.4 Å². The Morgan fingerprint density at radius 3 is 2.68 bits per heavy atom. The van der Waals surface area contributed by atoms with Crippen molar-refractivity contribution >= 4 is 5.96 Å². The molecule has 1 saturated heterocycles. The van der Waals surface area contributed by atoms with Crippen LogP contribution >= 0.6 is 0 Å². The van der Waals surface area contributed by atoms with Crippen LogP contribution in [-0.4, -0.2) is 78.2 Å². The maximum atomic E-state index is 13.7. The fraction of sp³-hybridized carbons (Fsp3) is 0.550. The molecule has 0 radical (unpaired) electrons. The number of aryl methyl sites for hydroxylation is 1. The van der Waals surface area contributed by atoms with Gasteiger partial charge in [0.05, 0.1) is 19.8 Å². The van der Waals surface area contributed by atoms with Gasteiger partial charge >= 0.3 is 0 Å². The molecule has 11 heteroatoms. The summed E-state index contributed by atoms with van der Waals surface area (Å²) >= 11 is 0. The van der Waals surface area contributed by atoms with E-state index in [1.165, 1.54) is 6.07 Å². The van der Waals surface area contributed by atoms with E-state index in [4.69, 9.17) is 9.47 Å². The van der Waals surface area contributed by atoms with E-state index in [9.17, 15) is 8.78 Å². The summed E-state index contributed by atoms with van der Waals surface area (Å²) in [5.41, 5.74) is 0. The molecular formula is C20H29F2N7O2. The zero-order chi connectivity index (χ0) is 22.1. The fourth-order valence-corrected chi connectivity index (χ4v) is 2.99. The van der Waals surface area contributed by atoms with Crippen LogP contribution in [0.15, 0.2) is 23.2 Å². The molecular weight excluding hydrogens is 408 g/mol. The number of morpholine rings is 1. The summed E-state index contributed by atoms with van der Waals surface area (Å²) in [7, 11) is 1.89. The lowest BCUT2D eigenvalue weighted by atomic mass is 10.3. The SMILES string of the molecule is Cc1nnc(CN=C(NCCOc2ccc(F)cc2F)NCCN2CCOCC2)n1C. The molecule has 2 aromatic rings. The third-order valence-electron chi connectivity index (χ3n) is 4.93. The maximum Gasteiger partial charge on any atom is 0.191 e. The highest BCUT2D eigenvalue weighted by atomic mass is 19.1. The van der Waals surface area contributed by atoms with Crippen molar-refractivity contribution in [2.24, 2.45) is 12.0 Å². The first-order chi connectivity index (χ1) is 15.0. The van der Waals surface area contributed by atoms with Gasteiger partial charge in [-0.3, -0.25) is 4.90 Å². The molecule has 0 amide bonds. The monoisotopic (exact) mass is 437 g/mol. The first kappa shape index (κ1) is 22.9. The van der Waals surface area contributed by atoms with Gasteiger partial charge < -0.3 is 24.7 Å². The van der Waals surface area contributed by atoms with Gasteiger partial charge in [-0.2, -0.15) is 0 Å². The normalized spacial score (nSPS) is 15.2. The number of ether oxygens (including phenoxy) is 2. The molecule has 1 aromatic heterocycles. The second-order valence-electron chi connectivity index (χ2n) is 7.12.